The van der Waals surface area contributed by atoms with Crippen molar-refractivity contribution in [3.05, 3.63) is 29.8 Å². The zero-order chi connectivity index (χ0) is 17.0. The highest BCUT2D eigenvalue weighted by Crippen LogP contribution is 2.26. The van der Waals surface area contributed by atoms with E-state index in [0.29, 0.717) is 11.5 Å². The molecule has 1 heterocycles. The summed E-state index contributed by atoms with van der Waals surface area (Å²) in [5.41, 5.74) is 0.545. The van der Waals surface area contributed by atoms with Crippen LogP contribution in [0.1, 0.15) is 37.0 Å². The van der Waals surface area contributed by atoms with E-state index < -0.39 is 9.84 Å². The minimum absolute atomic E-state index is 0.0120. The second-order valence-corrected chi connectivity index (χ2v) is 8.40. The Balaban J connectivity index is 2.15. The summed E-state index contributed by atoms with van der Waals surface area (Å²) in [6.07, 6.45) is 2.06. The molecule has 1 aliphatic rings. The maximum absolute atomic E-state index is 12.7. The second kappa shape index (κ2) is 7.45. The Kier molecular flexibility index (Phi) is 5.81. The lowest BCUT2D eigenvalue weighted by Gasteiger charge is -2.27. The Labute approximate surface area is 138 Å². The zero-order valence-electron chi connectivity index (χ0n) is 14.0. The van der Waals surface area contributed by atoms with Crippen LogP contribution in [0.15, 0.2) is 29.2 Å². The molecule has 0 bridgehead atoms. The fourth-order valence-corrected chi connectivity index (χ4v) is 4.19. The molecule has 0 radical (unpaired) electrons. The molecule has 0 unspecified atom stereocenters. The van der Waals surface area contributed by atoms with E-state index in [9.17, 15) is 13.2 Å². The maximum atomic E-state index is 12.7. The molecule has 0 N–H and O–H groups in total. The molecule has 5 nitrogen and oxygen atoms in total. The van der Waals surface area contributed by atoms with E-state index in [1.165, 1.54) is 19.2 Å². The number of carbonyl (C=O) groups is 1. The number of rotatable bonds is 6. The minimum atomic E-state index is -3.36. The van der Waals surface area contributed by atoms with Crippen LogP contribution < -0.4 is 0 Å². The van der Waals surface area contributed by atoms with Crippen molar-refractivity contribution in [2.45, 2.75) is 37.6 Å². The van der Waals surface area contributed by atoms with Crippen molar-refractivity contribution in [2.75, 3.05) is 26.0 Å². The first-order valence-electron chi connectivity index (χ1n) is 7.99. The van der Waals surface area contributed by atoms with Gasteiger partial charge in [-0.25, -0.2) is 8.42 Å². The fourth-order valence-electron chi connectivity index (χ4n) is 3.02. The zero-order valence-corrected chi connectivity index (χ0v) is 14.8. The summed E-state index contributed by atoms with van der Waals surface area (Å²) in [4.78, 5) is 14.8. The van der Waals surface area contributed by atoms with Gasteiger partial charge in [-0.2, -0.15) is 0 Å². The van der Waals surface area contributed by atoms with Crippen molar-refractivity contribution < 1.29 is 17.9 Å². The van der Waals surface area contributed by atoms with Gasteiger partial charge in [-0.1, -0.05) is 13.8 Å². The molecule has 0 aliphatic carbocycles. The van der Waals surface area contributed by atoms with Crippen molar-refractivity contribution in [1.82, 2.24) is 4.90 Å². The number of hydrogen-bond donors (Lipinski definition) is 0. The molecule has 1 aromatic rings. The molecule has 23 heavy (non-hydrogen) atoms. The van der Waals surface area contributed by atoms with Crippen LogP contribution in [0.2, 0.25) is 0 Å². The van der Waals surface area contributed by atoms with Crippen molar-refractivity contribution in [3.8, 4) is 0 Å². The lowest BCUT2D eigenvalue weighted by atomic mass is 10.0. The van der Waals surface area contributed by atoms with Gasteiger partial charge in [-0.15, -0.1) is 0 Å². The van der Waals surface area contributed by atoms with Gasteiger partial charge in [-0.3, -0.25) is 4.79 Å². The van der Waals surface area contributed by atoms with Crippen LogP contribution in [-0.2, 0) is 14.6 Å². The van der Waals surface area contributed by atoms with Crippen LogP contribution in [-0.4, -0.2) is 51.3 Å². The number of likely N-dealkylation sites (tertiary alicyclic amines) is 1. The van der Waals surface area contributed by atoms with Crippen LogP contribution >= 0.6 is 0 Å². The fraction of sp³-hybridized carbons (Fsp3) is 0.588. The molecule has 1 amide bonds. The second-order valence-electron chi connectivity index (χ2n) is 6.29. The molecule has 0 aromatic heterocycles. The highest BCUT2D eigenvalue weighted by molar-refractivity contribution is 7.91. The standard InChI is InChI=1S/C17H25NO4S/c1-13(2)16-5-4-10-18(16)17(19)14-6-8-15(9-7-14)23(20,21)12-11-22-3/h6-9,13,16H,4-5,10-12H2,1-3H3/t16-/m0/s1. The smallest absolute Gasteiger partial charge is 0.254 e. The van der Waals surface area contributed by atoms with Crippen molar-refractivity contribution >= 4 is 15.7 Å². The largest absolute Gasteiger partial charge is 0.384 e. The first kappa shape index (κ1) is 17.9. The van der Waals surface area contributed by atoms with Gasteiger partial charge in [-0.05, 0) is 43.0 Å². The molecule has 6 heteroatoms. The van der Waals surface area contributed by atoms with Crippen LogP contribution in [0.3, 0.4) is 0 Å². The number of sulfone groups is 1. The third-order valence-corrected chi connectivity index (χ3v) is 6.04. The summed E-state index contributed by atoms with van der Waals surface area (Å²) >= 11 is 0. The van der Waals surface area contributed by atoms with Gasteiger partial charge in [0, 0.05) is 25.3 Å². The van der Waals surface area contributed by atoms with Gasteiger partial charge < -0.3 is 9.64 Å². The summed E-state index contributed by atoms with van der Waals surface area (Å²) in [6, 6.07) is 6.51. The number of carbonyl (C=O) groups excluding carboxylic acids is 1. The van der Waals surface area contributed by atoms with Gasteiger partial charge in [0.05, 0.1) is 17.3 Å². The van der Waals surface area contributed by atoms with E-state index in [1.54, 1.807) is 12.1 Å². The van der Waals surface area contributed by atoms with E-state index in [-0.39, 0.29) is 29.2 Å². The SMILES string of the molecule is COCCS(=O)(=O)c1ccc(C(=O)N2CCC[C@H]2C(C)C)cc1. The molecular weight excluding hydrogens is 314 g/mol. The molecular formula is C17H25NO4S. The van der Waals surface area contributed by atoms with Gasteiger partial charge >= 0.3 is 0 Å². The van der Waals surface area contributed by atoms with Gasteiger partial charge in [0.15, 0.2) is 9.84 Å². The van der Waals surface area contributed by atoms with Crippen LogP contribution in [0.5, 0.6) is 0 Å². The number of nitrogens with zero attached hydrogens (tertiary/aromatic N) is 1. The average Bonchev–Trinajstić information content (AvgIpc) is 3.02. The number of hydrogen-bond acceptors (Lipinski definition) is 4. The predicted molar refractivity (Wildman–Crippen MR) is 89.3 cm³/mol. The van der Waals surface area contributed by atoms with E-state index in [0.717, 1.165) is 19.4 Å². The lowest BCUT2D eigenvalue weighted by Crippen LogP contribution is -2.38. The number of benzene rings is 1. The van der Waals surface area contributed by atoms with E-state index in [4.69, 9.17) is 4.74 Å². The highest BCUT2D eigenvalue weighted by Gasteiger charge is 2.31. The predicted octanol–water partition coefficient (Wildman–Crippen LogP) is 2.37. The average molecular weight is 339 g/mol. The molecule has 0 saturated carbocycles. The molecule has 128 valence electrons. The summed E-state index contributed by atoms with van der Waals surface area (Å²) in [5.74, 6) is 0.357. The Bertz CT molecular complexity index is 637. The van der Waals surface area contributed by atoms with Crippen molar-refractivity contribution in [2.24, 2.45) is 5.92 Å². The molecule has 1 atom stereocenters. The van der Waals surface area contributed by atoms with Crippen molar-refractivity contribution in [1.29, 1.82) is 0 Å². The Hall–Kier alpha value is -1.40. The van der Waals surface area contributed by atoms with Crippen molar-refractivity contribution in [3.63, 3.8) is 0 Å². The van der Waals surface area contributed by atoms with Gasteiger partial charge in [0.2, 0.25) is 0 Å². The third-order valence-electron chi connectivity index (χ3n) is 4.35. The normalized spacial score (nSPS) is 18.6. The Morgan fingerprint density at radius 1 is 1.30 bits per heavy atom. The number of amides is 1. The summed E-state index contributed by atoms with van der Waals surface area (Å²) in [7, 11) is -1.89. The summed E-state index contributed by atoms with van der Waals surface area (Å²) in [6.45, 7) is 5.19. The minimum Gasteiger partial charge on any atom is -0.384 e. The Morgan fingerprint density at radius 2 is 1.96 bits per heavy atom. The molecule has 2 rings (SSSR count). The quantitative estimate of drug-likeness (QED) is 0.798. The Morgan fingerprint density at radius 3 is 2.52 bits per heavy atom. The monoisotopic (exact) mass is 339 g/mol. The molecule has 0 spiro atoms. The molecule has 1 saturated heterocycles. The van der Waals surface area contributed by atoms with E-state index in [1.807, 2.05) is 4.90 Å². The molecule has 1 fully saturated rings. The van der Waals surface area contributed by atoms with Crippen LogP contribution in [0, 0.1) is 5.92 Å². The van der Waals surface area contributed by atoms with Crippen LogP contribution in [0.25, 0.3) is 0 Å². The first-order chi connectivity index (χ1) is 10.9. The van der Waals surface area contributed by atoms with E-state index in [2.05, 4.69) is 13.8 Å². The number of ether oxygens (including phenoxy) is 1. The topological polar surface area (TPSA) is 63.7 Å². The molecule has 1 aliphatic heterocycles. The lowest BCUT2D eigenvalue weighted by molar-refractivity contribution is 0.0701. The third kappa shape index (κ3) is 4.12. The molecule has 1 aromatic carbocycles. The first-order valence-corrected chi connectivity index (χ1v) is 9.65. The summed E-state index contributed by atoms with van der Waals surface area (Å²) in [5, 5.41) is 0. The van der Waals surface area contributed by atoms with Gasteiger partial charge in [0.1, 0.15) is 0 Å². The van der Waals surface area contributed by atoms with E-state index >= 15 is 0 Å². The van der Waals surface area contributed by atoms with Crippen LogP contribution in [0.4, 0.5) is 0 Å². The highest BCUT2D eigenvalue weighted by atomic mass is 32.2. The summed E-state index contributed by atoms with van der Waals surface area (Å²) < 4.78 is 29.0. The number of methoxy groups -OCH3 is 1. The maximum Gasteiger partial charge on any atom is 0.254 e. The van der Waals surface area contributed by atoms with Gasteiger partial charge in [0.25, 0.3) is 5.91 Å².